The number of aliphatic carboxylic acids is 1. The lowest BCUT2D eigenvalue weighted by molar-refractivity contribution is -0.137. The van der Waals surface area contributed by atoms with Crippen molar-refractivity contribution in [3.8, 4) is 0 Å². The summed E-state index contributed by atoms with van der Waals surface area (Å²) in [6.07, 6.45) is 0.502. The van der Waals surface area contributed by atoms with E-state index >= 15 is 0 Å². The Balaban J connectivity index is 2.30. The second-order valence-corrected chi connectivity index (χ2v) is 5.10. The van der Waals surface area contributed by atoms with Crippen LogP contribution in [0.1, 0.15) is 12.8 Å². The van der Waals surface area contributed by atoms with Gasteiger partial charge in [0.05, 0.1) is 5.75 Å². The van der Waals surface area contributed by atoms with Crippen LogP contribution in [0.15, 0.2) is 29.2 Å². The molecule has 0 aromatic heterocycles. The van der Waals surface area contributed by atoms with Gasteiger partial charge in [-0.1, -0.05) is 0 Å². The molecule has 1 aromatic rings. The number of benzene rings is 1. The minimum absolute atomic E-state index is 0.0583. The molecule has 4 nitrogen and oxygen atoms in total. The van der Waals surface area contributed by atoms with E-state index in [-0.39, 0.29) is 23.9 Å². The molecule has 0 heterocycles. The second-order valence-electron chi connectivity index (χ2n) is 4.06. The first kappa shape index (κ1) is 15.5. The van der Waals surface area contributed by atoms with Crippen molar-refractivity contribution >= 4 is 23.6 Å². The second kappa shape index (κ2) is 7.78. The molecule has 0 saturated heterocycles. The number of halogens is 1. The van der Waals surface area contributed by atoms with Crippen LogP contribution in [0, 0.1) is 5.82 Å². The lowest BCUT2D eigenvalue weighted by Crippen LogP contribution is -2.29. The molecule has 0 spiro atoms. The van der Waals surface area contributed by atoms with Crippen molar-refractivity contribution in [2.45, 2.75) is 17.7 Å². The molecule has 0 saturated carbocycles. The molecule has 0 unspecified atom stereocenters. The van der Waals surface area contributed by atoms with Gasteiger partial charge < -0.3 is 10.0 Å². The Kier molecular flexibility index (Phi) is 6.35. The van der Waals surface area contributed by atoms with Crippen LogP contribution in [-0.2, 0) is 9.59 Å². The van der Waals surface area contributed by atoms with Crippen LogP contribution in [-0.4, -0.2) is 41.2 Å². The van der Waals surface area contributed by atoms with Gasteiger partial charge in [0.1, 0.15) is 5.82 Å². The van der Waals surface area contributed by atoms with Gasteiger partial charge in [0.15, 0.2) is 0 Å². The van der Waals surface area contributed by atoms with Gasteiger partial charge in [0.25, 0.3) is 0 Å². The predicted molar refractivity (Wildman–Crippen MR) is 71.6 cm³/mol. The van der Waals surface area contributed by atoms with E-state index in [1.54, 1.807) is 19.2 Å². The van der Waals surface area contributed by atoms with Crippen molar-refractivity contribution in [2.24, 2.45) is 0 Å². The number of rotatable bonds is 7. The highest BCUT2D eigenvalue weighted by Crippen LogP contribution is 2.18. The van der Waals surface area contributed by atoms with Gasteiger partial charge >= 0.3 is 5.97 Å². The van der Waals surface area contributed by atoms with Gasteiger partial charge in [-0.2, -0.15) is 0 Å². The van der Waals surface area contributed by atoms with Crippen molar-refractivity contribution in [2.75, 3.05) is 19.3 Å². The smallest absolute Gasteiger partial charge is 0.303 e. The topological polar surface area (TPSA) is 57.6 Å². The summed E-state index contributed by atoms with van der Waals surface area (Å²) in [4.78, 5) is 24.4. The Morgan fingerprint density at radius 2 is 1.95 bits per heavy atom. The van der Waals surface area contributed by atoms with E-state index in [2.05, 4.69) is 0 Å². The first-order chi connectivity index (χ1) is 8.99. The van der Waals surface area contributed by atoms with Crippen molar-refractivity contribution in [3.05, 3.63) is 30.1 Å². The molecule has 0 atom stereocenters. The molecular formula is C13H16FNO3S. The molecule has 6 heteroatoms. The van der Waals surface area contributed by atoms with E-state index in [4.69, 9.17) is 5.11 Å². The minimum atomic E-state index is -0.860. The summed E-state index contributed by atoms with van der Waals surface area (Å²) in [5.74, 6) is -0.974. The number of carbonyl (C=O) groups excluding carboxylic acids is 1. The summed E-state index contributed by atoms with van der Waals surface area (Å²) in [6.45, 7) is 0.426. The molecule has 19 heavy (non-hydrogen) atoms. The molecule has 104 valence electrons. The third-order valence-corrected chi connectivity index (χ3v) is 3.48. The Bertz CT molecular complexity index is 436. The summed E-state index contributed by atoms with van der Waals surface area (Å²) in [5, 5.41) is 8.50. The fourth-order valence-corrected chi connectivity index (χ4v) is 2.22. The van der Waals surface area contributed by atoms with Gasteiger partial charge in [-0.05, 0) is 30.7 Å². The lowest BCUT2D eigenvalue weighted by atomic mass is 10.3. The molecule has 0 aliphatic heterocycles. The van der Waals surface area contributed by atoms with Gasteiger partial charge in [-0.3, -0.25) is 9.59 Å². The van der Waals surface area contributed by atoms with E-state index in [9.17, 15) is 14.0 Å². The summed E-state index contributed by atoms with van der Waals surface area (Å²) in [5.41, 5.74) is 0. The first-order valence-electron chi connectivity index (χ1n) is 5.83. The van der Waals surface area contributed by atoms with Crippen LogP contribution in [0.2, 0.25) is 0 Å². The van der Waals surface area contributed by atoms with Crippen LogP contribution in [0.5, 0.6) is 0 Å². The highest BCUT2D eigenvalue weighted by atomic mass is 32.2. The van der Waals surface area contributed by atoms with Gasteiger partial charge in [-0.25, -0.2) is 4.39 Å². The van der Waals surface area contributed by atoms with E-state index in [0.717, 1.165) is 4.90 Å². The van der Waals surface area contributed by atoms with Crippen molar-refractivity contribution in [1.29, 1.82) is 0 Å². The van der Waals surface area contributed by atoms with E-state index in [1.807, 2.05) is 0 Å². The Labute approximate surface area is 115 Å². The molecule has 1 amide bonds. The summed E-state index contributed by atoms with van der Waals surface area (Å²) < 4.78 is 12.7. The molecular weight excluding hydrogens is 269 g/mol. The number of hydrogen-bond donors (Lipinski definition) is 1. The summed E-state index contributed by atoms with van der Waals surface area (Å²) in [6, 6.07) is 5.95. The first-order valence-corrected chi connectivity index (χ1v) is 6.81. The average Bonchev–Trinajstić information content (AvgIpc) is 2.37. The number of carboxylic acids is 1. The molecule has 1 rings (SSSR count). The highest BCUT2D eigenvalue weighted by Gasteiger charge is 2.09. The Hall–Kier alpha value is -1.56. The third kappa shape index (κ3) is 6.24. The monoisotopic (exact) mass is 285 g/mol. The number of nitrogens with zero attached hydrogens (tertiary/aromatic N) is 1. The number of hydrogen-bond acceptors (Lipinski definition) is 3. The molecule has 0 aliphatic carbocycles. The number of thioether (sulfide) groups is 1. The fourth-order valence-electron chi connectivity index (χ4n) is 1.38. The molecule has 0 aliphatic rings. The van der Waals surface area contributed by atoms with Crippen molar-refractivity contribution in [3.63, 3.8) is 0 Å². The van der Waals surface area contributed by atoms with Crippen molar-refractivity contribution < 1.29 is 19.1 Å². The maximum Gasteiger partial charge on any atom is 0.303 e. The molecule has 0 radical (unpaired) electrons. The fraction of sp³-hybridized carbons (Fsp3) is 0.385. The van der Waals surface area contributed by atoms with Gasteiger partial charge in [0, 0.05) is 24.9 Å². The van der Waals surface area contributed by atoms with Crippen LogP contribution in [0.3, 0.4) is 0 Å². The zero-order valence-electron chi connectivity index (χ0n) is 10.6. The zero-order chi connectivity index (χ0) is 14.3. The standard InChI is InChI=1S/C13H16FNO3S/c1-15(8-2-3-13(17)18)12(16)9-19-11-6-4-10(14)5-7-11/h4-7H,2-3,8-9H2,1H3,(H,17,18). The quantitative estimate of drug-likeness (QED) is 0.781. The maximum absolute atomic E-state index is 12.7. The van der Waals surface area contributed by atoms with E-state index in [1.165, 1.54) is 28.8 Å². The van der Waals surface area contributed by atoms with Crippen LogP contribution >= 0.6 is 11.8 Å². The predicted octanol–water partition coefficient (Wildman–Crippen LogP) is 2.24. The highest BCUT2D eigenvalue weighted by molar-refractivity contribution is 8.00. The third-order valence-electron chi connectivity index (χ3n) is 2.49. The van der Waals surface area contributed by atoms with Gasteiger partial charge in [-0.15, -0.1) is 11.8 Å². The number of carboxylic acid groups (broad SMARTS) is 1. The van der Waals surface area contributed by atoms with Crippen LogP contribution < -0.4 is 0 Å². The average molecular weight is 285 g/mol. The van der Waals surface area contributed by atoms with Gasteiger partial charge in [0.2, 0.25) is 5.91 Å². The zero-order valence-corrected chi connectivity index (χ0v) is 11.5. The normalized spacial score (nSPS) is 10.2. The summed E-state index contributed by atoms with van der Waals surface area (Å²) in [7, 11) is 1.65. The maximum atomic E-state index is 12.7. The molecule has 1 N–H and O–H groups in total. The Morgan fingerprint density at radius 3 is 2.53 bits per heavy atom. The number of amides is 1. The van der Waals surface area contributed by atoms with Crippen molar-refractivity contribution in [1.82, 2.24) is 4.90 Å². The van der Waals surface area contributed by atoms with E-state index < -0.39 is 5.97 Å². The summed E-state index contributed by atoms with van der Waals surface area (Å²) >= 11 is 1.33. The van der Waals surface area contributed by atoms with E-state index in [0.29, 0.717) is 13.0 Å². The SMILES string of the molecule is CN(CCCC(=O)O)C(=O)CSc1ccc(F)cc1. The van der Waals surface area contributed by atoms with Crippen LogP contribution in [0.25, 0.3) is 0 Å². The largest absolute Gasteiger partial charge is 0.481 e. The van der Waals surface area contributed by atoms with Crippen LogP contribution in [0.4, 0.5) is 4.39 Å². The number of carbonyl (C=O) groups is 2. The molecule has 1 aromatic carbocycles. The minimum Gasteiger partial charge on any atom is -0.481 e. The lowest BCUT2D eigenvalue weighted by Gasteiger charge is -2.16. The Morgan fingerprint density at radius 1 is 1.32 bits per heavy atom. The molecule has 0 fully saturated rings. The molecule has 0 bridgehead atoms.